The van der Waals surface area contributed by atoms with Crippen molar-refractivity contribution in [2.24, 2.45) is 0 Å². The van der Waals surface area contributed by atoms with Crippen LogP contribution in [0.1, 0.15) is 21.8 Å². The lowest BCUT2D eigenvalue weighted by Crippen LogP contribution is -2.18. The minimum absolute atomic E-state index is 0.00938. The molecule has 0 atom stereocenters. The van der Waals surface area contributed by atoms with E-state index in [0.29, 0.717) is 18.7 Å². The molecular formula is C11H12N2O3S. The van der Waals surface area contributed by atoms with Gasteiger partial charge >= 0.3 is 5.97 Å². The second kappa shape index (κ2) is 5.11. The molecule has 2 heterocycles. The van der Waals surface area contributed by atoms with Crippen LogP contribution in [-0.2, 0) is 13.1 Å². The number of carbonyl (C=O) groups is 1. The van der Waals surface area contributed by atoms with Gasteiger partial charge in [-0.15, -0.1) is 11.3 Å². The molecule has 90 valence electrons. The molecule has 0 radical (unpaired) electrons. The number of thiazole rings is 1. The summed E-state index contributed by atoms with van der Waals surface area (Å²) in [4.78, 5) is 17.0. The van der Waals surface area contributed by atoms with Crippen LogP contribution in [0.25, 0.3) is 0 Å². The fourth-order valence-corrected chi connectivity index (χ4v) is 2.14. The van der Waals surface area contributed by atoms with E-state index in [1.165, 1.54) is 6.26 Å². The number of hydrogen-bond donors (Lipinski definition) is 1. The molecule has 0 fully saturated rings. The Morgan fingerprint density at radius 2 is 2.41 bits per heavy atom. The topological polar surface area (TPSA) is 66.6 Å². The Kier molecular flexibility index (Phi) is 3.55. The van der Waals surface area contributed by atoms with E-state index in [9.17, 15) is 4.79 Å². The van der Waals surface area contributed by atoms with Crippen LogP contribution in [0.5, 0.6) is 0 Å². The summed E-state index contributed by atoms with van der Waals surface area (Å²) in [5, 5.41) is 10.9. The number of carboxylic acid groups (broad SMARTS) is 1. The van der Waals surface area contributed by atoms with Gasteiger partial charge in [0.15, 0.2) is 0 Å². The van der Waals surface area contributed by atoms with Gasteiger partial charge in [-0.2, -0.15) is 0 Å². The molecule has 0 aliphatic carbocycles. The molecule has 0 amide bonds. The van der Waals surface area contributed by atoms with Crippen LogP contribution in [-0.4, -0.2) is 28.0 Å². The van der Waals surface area contributed by atoms with Gasteiger partial charge in [0.05, 0.1) is 17.5 Å². The molecule has 6 heteroatoms. The first-order valence-corrected chi connectivity index (χ1v) is 5.96. The van der Waals surface area contributed by atoms with Crippen LogP contribution in [0.3, 0.4) is 0 Å². The fourth-order valence-electron chi connectivity index (χ4n) is 1.59. The molecule has 0 aliphatic heterocycles. The van der Waals surface area contributed by atoms with E-state index in [1.54, 1.807) is 22.9 Å². The largest absolute Gasteiger partial charge is 0.475 e. The van der Waals surface area contributed by atoms with E-state index in [1.807, 2.05) is 17.3 Å². The minimum Gasteiger partial charge on any atom is -0.475 e. The predicted molar refractivity (Wildman–Crippen MR) is 63.0 cm³/mol. The molecule has 0 bridgehead atoms. The van der Waals surface area contributed by atoms with Gasteiger partial charge in [0.1, 0.15) is 0 Å². The Morgan fingerprint density at radius 1 is 1.59 bits per heavy atom. The summed E-state index contributed by atoms with van der Waals surface area (Å²) in [5.41, 5.74) is 3.44. The smallest absolute Gasteiger partial charge is 0.372 e. The molecule has 0 unspecified atom stereocenters. The van der Waals surface area contributed by atoms with Crippen LogP contribution in [0.2, 0.25) is 0 Å². The second-order valence-corrected chi connectivity index (χ2v) is 4.45. The highest BCUT2D eigenvalue weighted by Gasteiger charge is 2.15. The zero-order chi connectivity index (χ0) is 12.3. The maximum absolute atomic E-state index is 10.9. The average molecular weight is 252 g/mol. The number of carboxylic acids is 1. The Bertz CT molecular complexity index is 493. The van der Waals surface area contributed by atoms with Crippen molar-refractivity contribution in [3.63, 3.8) is 0 Å². The summed E-state index contributed by atoms with van der Waals surface area (Å²) in [7, 11) is 1.91. The van der Waals surface area contributed by atoms with Gasteiger partial charge < -0.3 is 9.52 Å². The highest BCUT2D eigenvalue weighted by Crippen LogP contribution is 2.14. The average Bonchev–Trinajstić information content (AvgIpc) is 2.88. The predicted octanol–water partition coefficient (Wildman–Crippen LogP) is 2.07. The highest BCUT2D eigenvalue weighted by molar-refractivity contribution is 7.07. The maximum Gasteiger partial charge on any atom is 0.372 e. The quantitative estimate of drug-likeness (QED) is 0.882. The Hall–Kier alpha value is -1.66. The van der Waals surface area contributed by atoms with Gasteiger partial charge in [-0.1, -0.05) is 0 Å². The molecule has 0 aromatic carbocycles. The summed E-state index contributed by atoms with van der Waals surface area (Å²) < 4.78 is 4.92. The van der Waals surface area contributed by atoms with Crippen LogP contribution in [0, 0.1) is 0 Å². The van der Waals surface area contributed by atoms with Gasteiger partial charge in [0.25, 0.3) is 0 Å². The van der Waals surface area contributed by atoms with E-state index in [2.05, 4.69) is 4.98 Å². The number of hydrogen-bond acceptors (Lipinski definition) is 5. The van der Waals surface area contributed by atoms with Crippen molar-refractivity contribution in [2.75, 3.05) is 7.05 Å². The minimum atomic E-state index is -1.04. The van der Waals surface area contributed by atoms with Gasteiger partial charge in [0, 0.05) is 24.0 Å². The molecule has 0 saturated heterocycles. The summed E-state index contributed by atoms with van der Waals surface area (Å²) in [6.45, 7) is 1.21. The van der Waals surface area contributed by atoms with E-state index >= 15 is 0 Å². The lowest BCUT2D eigenvalue weighted by atomic mass is 10.2. The summed E-state index contributed by atoms with van der Waals surface area (Å²) in [5.74, 6) is -1.03. The van der Waals surface area contributed by atoms with Crippen molar-refractivity contribution < 1.29 is 14.3 Å². The Balaban J connectivity index is 2.00. The highest BCUT2D eigenvalue weighted by atomic mass is 32.1. The molecule has 0 spiro atoms. The van der Waals surface area contributed by atoms with Crippen molar-refractivity contribution in [2.45, 2.75) is 13.1 Å². The van der Waals surface area contributed by atoms with E-state index in [-0.39, 0.29) is 5.76 Å². The molecule has 0 aliphatic rings. The maximum atomic E-state index is 10.9. The lowest BCUT2D eigenvalue weighted by molar-refractivity contribution is 0.0659. The number of furan rings is 1. The normalized spacial score (nSPS) is 10.9. The number of aromatic carboxylic acids is 1. The molecule has 1 N–H and O–H groups in total. The summed E-state index contributed by atoms with van der Waals surface area (Å²) in [6.07, 6.45) is 1.40. The molecule has 5 nitrogen and oxygen atoms in total. The number of nitrogens with zero attached hydrogens (tertiary/aromatic N) is 2. The monoisotopic (exact) mass is 252 g/mol. The summed E-state index contributed by atoms with van der Waals surface area (Å²) in [6, 6.07) is 1.68. The van der Waals surface area contributed by atoms with E-state index < -0.39 is 5.97 Å². The third-order valence-corrected chi connectivity index (χ3v) is 2.93. The number of aromatic nitrogens is 1. The zero-order valence-corrected chi connectivity index (χ0v) is 10.1. The van der Waals surface area contributed by atoms with E-state index in [0.717, 1.165) is 5.69 Å². The van der Waals surface area contributed by atoms with Crippen molar-refractivity contribution in [1.82, 2.24) is 9.88 Å². The Labute approximate surface area is 102 Å². The van der Waals surface area contributed by atoms with Gasteiger partial charge in [-0.05, 0) is 13.1 Å². The van der Waals surface area contributed by atoms with Crippen LogP contribution in [0.4, 0.5) is 0 Å². The first-order valence-electron chi connectivity index (χ1n) is 5.02. The van der Waals surface area contributed by atoms with Crippen LogP contribution >= 0.6 is 11.3 Å². The molecule has 2 aromatic heterocycles. The summed E-state index contributed by atoms with van der Waals surface area (Å²) >= 11 is 1.55. The molecule has 17 heavy (non-hydrogen) atoms. The van der Waals surface area contributed by atoms with Crippen molar-refractivity contribution in [3.05, 3.63) is 40.2 Å². The SMILES string of the molecule is CN(Cc1cscn1)Cc1ccoc1C(=O)O. The first kappa shape index (κ1) is 11.8. The lowest BCUT2D eigenvalue weighted by Gasteiger charge is -2.14. The zero-order valence-electron chi connectivity index (χ0n) is 9.29. The molecule has 2 rings (SSSR count). The van der Waals surface area contributed by atoms with Crippen molar-refractivity contribution in [1.29, 1.82) is 0 Å². The van der Waals surface area contributed by atoms with Gasteiger partial charge in [0.2, 0.25) is 5.76 Å². The second-order valence-electron chi connectivity index (χ2n) is 3.73. The molecule has 2 aromatic rings. The van der Waals surface area contributed by atoms with Gasteiger partial charge in [-0.25, -0.2) is 9.78 Å². The molecule has 0 saturated carbocycles. The third kappa shape index (κ3) is 2.92. The first-order chi connectivity index (χ1) is 8.16. The van der Waals surface area contributed by atoms with Gasteiger partial charge in [-0.3, -0.25) is 4.90 Å². The Morgan fingerprint density at radius 3 is 3.06 bits per heavy atom. The van der Waals surface area contributed by atoms with Crippen molar-refractivity contribution >= 4 is 17.3 Å². The van der Waals surface area contributed by atoms with E-state index in [4.69, 9.17) is 9.52 Å². The molecular weight excluding hydrogens is 240 g/mol. The fraction of sp³-hybridized carbons (Fsp3) is 0.273. The van der Waals surface area contributed by atoms with Crippen LogP contribution < -0.4 is 0 Å². The number of rotatable bonds is 5. The standard InChI is InChI=1S/C11H12N2O3S/c1-13(5-9-6-17-7-12-9)4-8-2-3-16-10(8)11(14)15/h2-3,6-7H,4-5H2,1H3,(H,14,15). The van der Waals surface area contributed by atoms with Crippen LogP contribution in [0.15, 0.2) is 27.6 Å². The third-order valence-electron chi connectivity index (χ3n) is 2.30. The van der Waals surface area contributed by atoms with Crippen molar-refractivity contribution in [3.8, 4) is 0 Å².